The third-order valence-corrected chi connectivity index (χ3v) is 3.64. The average Bonchev–Trinajstić information content (AvgIpc) is 3.04. The maximum atomic E-state index is 5.42. The first kappa shape index (κ1) is 14.5. The van der Waals surface area contributed by atoms with E-state index in [4.69, 9.17) is 4.52 Å². The monoisotopic (exact) mass is 292 g/mol. The molecule has 0 bridgehead atoms. The van der Waals surface area contributed by atoms with Crippen molar-refractivity contribution < 1.29 is 4.52 Å². The third-order valence-electron chi connectivity index (χ3n) is 3.64. The van der Waals surface area contributed by atoms with Crippen LogP contribution < -0.4 is 0 Å². The molecule has 0 N–H and O–H groups in total. The number of aryl methyl sites for hydroxylation is 1. The van der Waals surface area contributed by atoms with Crippen LogP contribution in [0.5, 0.6) is 0 Å². The highest BCUT2D eigenvalue weighted by molar-refractivity contribution is 5.60. The van der Waals surface area contributed by atoms with Gasteiger partial charge in [-0.3, -0.25) is 0 Å². The molecule has 2 aromatic carbocycles. The molecule has 3 aromatic rings. The fourth-order valence-corrected chi connectivity index (χ4v) is 2.36. The van der Waals surface area contributed by atoms with Crippen molar-refractivity contribution in [3.05, 3.63) is 60.2 Å². The maximum Gasteiger partial charge on any atom is 0.258 e. The van der Waals surface area contributed by atoms with Gasteiger partial charge < -0.3 is 4.52 Å². The second-order valence-corrected chi connectivity index (χ2v) is 5.92. The third kappa shape index (κ3) is 3.42. The zero-order chi connectivity index (χ0) is 15.4. The van der Waals surface area contributed by atoms with Crippen LogP contribution in [-0.2, 0) is 6.42 Å². The van der Waals surface area contributed by atoms with Crippen molar-refractivity contribution in [1.82, 2.24) is 10.1 Å². The Labute approximate surface area is 131 Å². The van der Waals surface area contributed by atoms with E-state index < -0.39 is 0 Å². The van der Waals surface area contributed by atoms with Crippen molar-refractivity contribution in [2.45, 2.75) is 26.7 Å². The molecule has 0 aliphatic rings. The predicted molar refractivity (Wildman–Crippen MR) is 88.3 cm³/mol. The Morgan fingerprint density at radius 1 is 0.955 bits per heavy atom. The summed E-state index contributed by atoms with van der Waals surface area (Å²) in [4.78, 5) is 4.51. The van der Waals surface area contributed by atoms with Gasteiger partial charge in [0, 0.05) is 11.1 Å². The largest absolute Gasteiger partial charge is 0.334 e. The van der Waals surface area contributed by atoms with Gasteiger partial charge in [-0.2, -0.15) is 4.98 Å². The molecule has 0 aliphatic heterocycles. The molecular formula is C19H20N2O. The molecule has 0 unspecified atom stereocenters. The van der Waals surface area contributed by atoms with Gasteiger partial charge in [-0.1, -0.05) is 61.5 Å². The van der Waals surface area contributed by atoms with Crippen LogP contribution in [0.25, 0.3) is 22.8 Å². The van der Waals surface area contributed by atoms with Crippen LogP contribution in [0.15, 0.2) is 59.1 Å². The molecule has 0 atom stereocenters. The molecule has 0 radical (unpaired) electrons. The minimum Gasteiger partial charge on any atom is -0.334 e. The Balaban J connectivity index is 1.83. The van der Waals surface area contributed by atoms with Crippen molar-refractivity contribution in [3.8, 4) is 22.8 Å². The normalized spacial score (nSPS) is 11.0. The Kier molecular flexibility index (Phi) is 4.33. The molecule has 0 saturated heterocycles. The first-order valence-electron chi connectivity index (χ1n) is 7.71. The SMILES string of the molecule is CC(C)CCc1cccc(-c2nc(-c3ccccc3)no2)c1. The summed E-state index contributed by atoms with van der Waals surface area (Å²) in [6.07, 6.45) is 2.26. The van der Waals surface area contributed by atoms with Gasteiger partial charge in [-0.15, -0.1) is 0 Å². The van der Waals surface area contributed by atoms with Crippen LogP contribution in [0.4, 0.5) is 0 Å². The summed E-state index contributed by atoms with van der Waals surface area (Å²) >= 11 is 0. The summed E-state index contributed by atoms with van der Waals surface area (Å²) in [5.41, 5.74) is 3.26. The lowest BCUT2D eigenvalue weighted by Gasteiger charge is -2.05. The molecule has 0 amide bonds. The van der Waals surface area contributed by atoms with Crippen molar-refractivity contribution in [1.29, 1.82) is 0 Å². The fourth-order valence-electron chi connectivity index (χ4n) is 2.36. The second kappa shape index (κ2) is 6.56. The van der Waals surface area contributed by atoms with Gasteiger partial charge >= 0.3 is 0 Å². The molecule has 112 valence electrons. The van der Waals surface area contributed by atoms with Gasteiger partial charge in [-0.05, 0) is 36.5 Å². The summed E-state index contributed by atoms with van der Waals surface area (Å²) in [5.74, 6) is 1.91. The molecule has 0 fully saturated rings. The molecule has 0 aliphatic carbocycles. The fraction of sp³-hybridized carbons (Fsp3) is 0.263. The summed E-state index contributed by atoms with van der Waals surface area (Å²) in [6, 6.07) is 18.2. The van der Waals surface area contributed by atoms with E-state index in [9.17, 15) is 0 Å². The topological polar surface area (TPSA) is 38.9 Å². The van der Waals surface area contributed by atoms with E-state index in [2.05, 4.69) is 42.2 Å². The molecule has 3 rings (SSSR count). The highest BCUT2D eigenvalue weighted by Crippen LogP contribution is 2.23. The van der Waals surface area contributed by atoms with Gasteiger partial charge in [0.25, 0.3) is 5.89 Å². The minimum absolute atomic E-state index is 0.574. The zero-order valence-corrected chi connectivity index (χ0v) is 13.0. The molecule has 22 heavy (non-hydrogen) atoms. The number of rotatable bonds is 5. The predicted octanol–water partition coefficient (Wildman–Crippen LogP) is 4.99. The zero-order valence-electron chi connectivity index (χ0n) is 13.0. The van der Waals surface area contributed by atoms with Gasteiger partial charge in [0.2, 0.25) is 5.82 Å². The first-order valence-corrected chi connectivity index (χ1v) is 7.71. The molecular weight excluding hydrogens is 272 g/mol. The van der Waals surface area contributed by atoms with Gasteiger partial charge in [0.15, 0.2) is 0 Å². The van der Waals surface area contributed by atoms with Gasteiger partial charge in [-0.25, -0.2) is 0 Å². The highest BCUT2D eigenvalue weighted by Gasteiger charge is 2.10. The van der Waals surface area contributed by atoms with Crippen LogP contribution in [0.2, 0.25) is 0 Å². The van der Waals surface area contributed by atoms with Crippen molar-refractivity contribution in [2.24, 2.45) is 5.92 Å². The van der Waals surface area contributed by atoms with E-state index in [1.807, 2.05) is 36.4 Å². The van der Waals surface area contributed by atoms with Gasteiger partial charge in [0.05, 0.1) is 0 Å². The van der Waals surface area contributed by atoms with Crippen LogP contribution >= 0.6 is 0 Å². The van der Waals surface area contributed by atoms with E-state index in [-0.39, 0.29) is 0 Å². The molecule has 3 nitrogen and oxygen atoms in total. The number of hydrogen-bond donors (Lipinski definition) is 0. The number of aromatic nitrogens is 2. The lowest BCUT2D eigenvalue weighted by molar-refractivity contribution is 0.432. The maximum absolute atomic E-state index is 5.42. The van der Waals surface area contributed by atoms with Crippen molar-refractivity contribution >= 4 is 0 Å². The Bertz CT molecular complexity index is 732. The van der Waals surface area contributed by atoms with E-state index >= 15 is 0 Å². The highest BCUT2D eigenvalue weighted by atomic mass is 16.5. The van der Waals surface area contributed by atoms with E-state index in [0.29, 0.717) is 17.6 Å². The average molecular weight is 292 g/mol. The summed E-state index contributed by atoms with van der Waals surface area (Å²) in [5, 5.41) is 4.08. The van der Waals surface area contributed by atoms with Gasteiger partial charge in [0.1, 0.15) is 0 Å². The van der Waals surface area contributed by atoms with Crippen molar-refractivity contribution in [3.63, 3.8) is 0 Å². The lowest BCUT2D eigenvalue weighted by Crippen LogP contribution is -1.92. The Morgan fingerprint density at radius 3 is 2.50 bits per heavy atom. The standard InChI is InChI=1S/C19H20N2O/c1-14(2)11-12-15-7-6-10-17(13-15)19-20-18(21-22-19)16-8-4-3-5-9-16/h3-10,13-14H,11-12H2,1-2H3. The second-order valence-electron chi connectivity index (χ2n) is 5.92. The number of nitrogens with zero attached hydrogens (tertiary/aromatic N) is 2. The smallest absolute Gasteiger partial charge is 0.258 e. The quantitative estimate of drug-likeness (QED) is 0.665. The van der Waals surface area contributed by atoms with Crippen LogP contribution in [-0.4, -0.2) is 10.1 Å². The first-order chi connectivity index (χ1) is 10.7. The Hall–Kier alpha value is -2.42. The van der Waals surface area contributed by atoms with E-state index in [1.165, 1.54) is 12.0 Å². The molecule has 1 aromatic heterocycles. The van der Waals surface area contributed by atoms with Crippen molar-refractivity contribution in [2.75, 3.05) is 0 Å². The molecule has 1 heterocycles. The van der Waals surface area contributed by atoms with Crippen LogP contribution in [0.3, 0.4) is 0 Å². The Morgan fingerprint density at radius 2 is 1.73 bits per heavy atom. The number of hydrogen-bond acceptors (Lipinski definition) is 3. The molecule has 3 heteroatoms. The molecule has 0 spiro atoms. The number of benzene rings is 2. The van der Waals surface area contributed by atoms with E-state index in [0.717, 1.165) is 17.5 Å². The summed E-state index contributed by atoms with van der Waals surface area (Å²) in [6.45, 7) is 4.49. The van der Waals surface area contributed by atoms with Crippen LogP contribution in [0.1, 0.15) is 25.8 Å². The van der Waals surface area contributed by atoms with E-state index in [1.54, 1.807) is 0 Å². The summed E-state index contributed by atoms with van der Waals surface area (Å²) < 4.78 is 5.42. The molecule has 0 saturated carbocycles. The van der Waals surface area contributed by atoms with Crippen LogP contribution in [0, 0.1) is 5.92 Å². The summed E-state index contributed by atoms with van der Waals surface area (Å²) in [7, 11) is 0. The minimum atomic E-state index is 0.574. The lowest BCUT2D eigenvalue weighted by atomic mass is 10.0.